The average molecular weight is 486 g/mol. The molecule has 1 aliphatic heterocycles. The zero-order chi connectivity index (χ0) is 18.3. The number of nitrogens with zero attached hydrogens (tertiary/aromatic N) is 1. The van der Waals surface area contributed by atoms with Gasteiger partial charge in [-0.2, -0.15) is 0 Å². The summed E-state index contributed by atoms with van der Waals surface area (Å²) in [6.45, 7) is 6.15. The van der Waals surface area contributed by atoms with Crippen molar-refractivity contribution in [1.29, 1.82) is 0 Å². The molecule has 1 aliphatic carbocycles. The molecular formula is C20H28FIN4O. The second kappa shape index (κ2) is 7.95. The van der Waals surface area contributed by atoms with Crippen LogP contribution in [0.5, 0.6) is 0 Å². The summed E-state index contributed by atoms with van der Waals surface area (Å²) in [7, 11) is 1.80. The molecule has 0 spiro atoms. The quantitative estimate of drug-likeness (QED) is 0.353. The first kappa shape index (κ1) is 20.4. The van der Waals surface area contributed by atoms with Crippen LogP contribution in [0.2, 0.25) is 0 Å². The lowest BCUT2D eigenvalue weighted by molar-refractivity contribution is -0.106. The molecule has 2 aliphatic rings. The molecule has 0 amide bonds. The van der Waals surface area contributed by atoms with Crippen LogP contribution >= 0.6 is 24.0 Å². The minimum Gasteiger partial charge on any atom is -0.377 e. The van der Waals surface area contributed by atoms with Gasteiger partial charge in [-0.1, -0.05) is 13.8 Å². The third-order valence-corrected chi connectivity index (χ3v) is 6.03. The van der Waals surface area contributed by atoms with E-state index < -0.39 is 0 Å². The van der Waals surface area contributed by atoms with Crippen molar-refractivity contribution < 1.29 is 9.13 Å². The molecule has 1 aromatic heterocycles. The highest BCUT2D eigenvalue weighted by Crippen LogP contribution is 2.52. The Balaban J connectivity index is 0.00000210. The van der Waals surface area contributed by atoms with E-state index in [9.17, 15) is 4.39 Å². The summed E-state index contributed by atoms with van der Waals surface area (Å²) < 4.78 is 19.2. The molecule has 1 saturated carbocycles. The molecule has 3 N–H and O–H groups in total. The number of rotatable bonds is 4. The fourth-order valence-electron chi connectivity index (χ4n) is 4.64. The van der Waals surface area contributed by atoms with Crippen molar-refractivity contribution in [1.82, 2.24) is 15.6 Å². The van der Waals surface area contributed by atoms with Gasteiger partial charge in [-0.3, -0.25) is 4.99 Å². The highest BCUT2D eigenvalue weighted by Gasteiger charge is 2.59. The van der Waals surface area contributed by atoms with Crippen LogP contribution in [0.1, 0.15) is 25.8 Å². The van der Waals surface area contributed by atoms with Crippen molar-refractivity contribution in [2.45, 2.75) is 38.8 Å². The van der Waals surface area contributed by atoms with Crippen molar-refractivity contribution in [2.24, 2.45) is 16.3 Å². The Morgan fingerprint density at radius 3 is 3.00 bits per heavy atom. The van der Waals surface area contributed by atoms with E-state index in [4.69, 9.17) is 4.74 Å². The molecule has 3 unspecified atom stereocenters. The van der Waals surface area contributed by atoms with Crippen molar-refractivity contribution >= 4 is 40.8 Å². The number of ether oxygens (including phenoxy) is 1. The van der Waals surface area contributed by atoms with Crippen LogP contribution in [0.4, 0.5) is 4.39 Å². The number of benzene rings is 1. The Morgan fingerprint density at radius 2 is 2.22 bits per heavy atom. The van der Waals surface area contributed by atoms with Gasteiger partial charge in [0.1, 0.15) is 5.82 Å². The molecule has 2 aromatic rings. The number of H-pyrrole nitrogens is 1. The van der Waals surface area contributed by atoms with Gasteiger partial charge >= 0.3 is 0 Å². The van der Waals surface area contributed by atoms with Gasteiger partial charge in [-0.15, -0.1) is 24.0 Å². The molecule has 0 bridgehead atoms. The molecule has 1 saturated heterocycles. The van der Waals surface area contributed by atoms with E-state index in [-0.39, 0.29) is 35.2 Å². The van der Waals surface area contributed by atoms with Crippen molar-refractivity contribution in [3.63, 3.8) is 0 Å². The first-order valence-electron chi connectivity index (χ1n) is 9.35. The third-order valence-electron chi connectivity index (χ3n) is 6.03. The molecule has 1 aromatic carbocycles. The molecule has 2 fully saturated rings. The summed E-state index contributed by atoms with van der Waals surface area (Å²) in [5, 5.41) is 8.07. The lowest BCUT2D eigenvalue weighted by Crippen LogP contribution is -2.68. The van der Waals surface area contributed by atoms with Gasteiger partial charge in [-0.05, 0) is 36.6 Å². The topological polar surface area (TPSA) is 61.4 Å². The summed E-state index contributed by atoms with van der Waals surface area (Å²) in [5.41, 5.74) is 2.14. The van der Waals surface area contributed by atoms with E-state index in [1.165, 1.54) is 17.7 Å². The fourth-order valence-corrected chi connectivity index (χ4v) is 4.64. The van der Waals surface area contributed by atoms with Crippen LogP contribution in [-0.4, -0.2) is 43.3 Å². The Kier molecular flexibility index (Phi) is 6.00. The zero-order valence-electron chi connectivity index (χ0n) is 16.0. The highest BCUT2D eigenvalue weighted by atomic mass is 127. The monoisotopic (exact) mass is 486 g/mol. The predicted octanol–water partition coefficient (Wildman–Crippen LogP) is 3.45. The number of hydrogen-bond acceptors (Lipinski definition) is 2. The van der Waals surface area contributed by atoms with E-state index in [0.29, 0.717) is 18.1 Å². The summed E-state index contributed by atoms with van der Waals surface area (Å²) in [4.78, 5) is 7.52. The van der Waals surface area contributed by atoms with E-state index in [1.807, 2.05) is 12.3 Å². The number of aromatic amines is 1. The maximum absolute atomic E-state index is 13.3. The first-order chi connectivity index (χ1) is 12.5. The lowest BCUT2D eigenvalue weighted by atomic mass is 9.57. The van der Waals surface area contributed by atoms with Crippen molar-refractivity contribution in [3.8, 4) is 0 Å². The normalized spacial score (nSPS) is 26.2. The molecule has 0 radical (unpaired) electrons. The molecule has 7 heteroatoms. The summed E-state index contributed by atoms with van der Waals surface area (Å²) >= 11 is 0. The van der Waals surface area contributed by atoms with Crippen molar-refractivity contribution in [2.75, 3.05) is 20.2 Å². The van der Waals surface area contributed by atoms with E-state index >= 15 is 0 Å². The maximum Gasteiger partial charge on any atom is 0.191 e. The van der Waals surface area contributed by atoms with Crippen LogP contribution < -0.4 is 10.6 Å². The van der Waals surface area contributed by atoms with Gasteiger partial charge in [0, 0.05) is 54.7 Å². The van der Waals surface area contributed by atoms with Crippen LogP contribution in [0.25, 0.3) is 10.9 Å². The van der Waals surface area contributed by atoms with Gasteiger partial charge < -0.3 is 20.4 Å². The number of nitrogens with one attached hydrogen (secondary N) is 3. The van der Waals surface area contributed by atoms with Crippen LogP contribution in [0, 0.1) is 17.2 Å². The van der Waals surface area contributed by atoms with Crippen LogP contribution in [-0.2, 0) is 11.2 Å². The molecule has 3 atom stereocenters. The Hall–Kier alpha value is -1.35. The molecule has 5 nitrogen and oxygen atoms in total. The number of fused-ring (bicyclic) bond motifs is 2. The second-order valence-corrected chi connectivity index (χ2v) is 7.94. The zero-order valence-corrected chi connectivity index (χ0v) is 18.3. The van der Waals surface area contributed by atoms with Crippen LogP contribution in [0.15, 0.2) is 29.4 Å². The number of hydrogen-bond donors (Lipinski definition) is 3. The minimum absolute atomic E-state index is 0. The molecule has 2 heterocycles. The van der Waals surface area contributed by atoms with Gasteiger partial charge in [0.25, 0.3) is 0 Å². The first-order valence-corrected chi connectivity index (χ1v) is 9.35. The number of halogens is 2. The van der Waals surface area contributed by atoms with E-state index in [0.717, 1.165) is 42.9 Å². The predicted molar refractivity (Wildman–Crippen MR) is 117 cm³/mol. The highest BCUT2D eigenvalue weighted by molar-refractivity contribution is 14.0. The molecule has 27 heavy (non-hydrogen) atoms. The second-order valence-electron chi connectivity index (χ2n) is 7.94. The van der Waals surface area contributed by atoms with E-state index in [2.05, 4.69) is 34.5 Å². The maximum atomic E-state index is 13.3. The lowest BCUT2D eigenvalue weighted by Gasteiger charge is -2.54. The smallest absolute Gasteiger partial charge is 0.191 e. The Labute approximate surface area is 176 Å². The average Bonchev–Trinajstić information content (AvgIpc) is 3.23. The minimum atomic E-state index is -0.217. The van der Waals surface area contributed by atoms with Gasteiger partial charge in [-0.25, -0.2) is 4.39 Å². The Morgan fingerprint density at radius 1 is 1.41 bits per heavy atom. The SMILES string of the molecule is CN=C(NCCc1c[nH]c2cc(F)ccc12)NC1C2CCOC2C1(C)C.I. The Bertz CT molecular complexity index is 834. The van der Waals surface area contributed by atoms with Gasteiger partial charge in [0.2, 0.25) is 0 Å². The van der Waals surface area contributed by atoms with Gasteiger partial charge in [0.05, 0.1) is 6.10 Å². The standard InChI is InChI=1S/C20H27FN4O.HI/c1-20(2)17(15-7-9-26-18(15)20)25-19(22-3)23-8-6-12-11-24-16-10-13(21)4-5-14(12)16;/h4-5,10-11,15,17-18,24H,6-9H2,1-3H3,(H2,22,23,25);1H. The third kappa shape index (κ3) is 3.68. The largest absolute Gasteiger partial charge is 0.377 e. The summed E-state index contributed by atoms with van der Waals surface area (Å²) in [6.07, 6.45) is 4.28. The number of guanidine groups is 1. The summed E-state index contributed by atoms with van der Waals surface area (Å²) in [5.74, 6) is 1.19. The molecule has 148 valence electrons. The fraction of sp³-hybridized carbons (Fsp3) is 0.550. The van der Waals surface area contributed by atoms with Crippen LogP contribution in [0.3, 0.4) is 0 Å². The number of aliphatic imine (C=N–C) groups is 1. The van der Waals surface area contributed by atoms with Crippen molar-refractivity contribution in [3.05, 3.63) is 35.8 Å². The molecular weight excluding hydrogens is 458 g/mol. The van der Waals surface area contributed by atoms with E-state index in [1.54, 1.807) is 7.05 Å². The molecule has 4 rings (SSSR count). The van der Waals surface area contributed by atoms with Gasteiger partial charge in [0.15, 0.2) is 5.96 Å². The number of aromatic nitrogens is 1. The summed E-state index contributed by atoms with van der Waals surface area (Å²) in [6, 6.07) is 5.26.